The standard InChI is InChI=1S/C15H24N2/c1-3-16-11-14-6-8-15(9-7-14)12-17-10-4-5-13(17)2/h6-9,13,16H,3-5,10-12H2,1-2H3. The molecule has 17 heavy (non-hydrogen) atoms. The summed E-state index contributed by atoms with van der Waals surface area (Å²) in [6.07, 6.45) is 2.72. The number of hydrogen-bond acceptors (Lipinski definition) is 2. The van der Waals surface area contributed by atoms with Gasteiger partial charge in [-0.05, 0) is 44.0 Å². The minimum Gasteiger partial charge on any atom is -0.313 e. The zero-order chi connectivity index (χ0) is 12.1. The molecule has 2 rings (SSSR count). The smallest absolute Gasteiger partial charge is 0.0236 e. The van der Waals surface area contributed by atoms with Gasteiger partial charge in [0, 0.05) is 19.1 Å². The van der Waals surface area contributed by atoms with Crippen molar-refractivity contribution in [3.63, 3.8) is 0 Å². The van der Waals surface area contributed by atoms with E-state index in [0.717, 1.165) is 25.7 Å². The predicted octanol–water partition coefficient (Wildman–Crippen LogP) is 2.78. The molecular weight excluding hydrogens is 208 g/mol. The molecule has 94 valence electrons. The number of likely N-dealkylation sites (tertiary alicyclic amines) is 1. The summed E-state index contributed by atoms with van der Waals surface area (Å²) in [6, 6.07) is 9.81. The lowest BCUT2D eigenvalue weighted by Gasteiger charge is -2.21. The van der Waals surface area contributed by atoms with Gasteiger partial charge in [0.15, 0.2) is 0 Å². The molecule has 1 aromatic carbocycles. The molecule has 1 saturated heterocycles. The second-order valence-electron chi connectivity index (χ2n) is 5.06. The summed E-state index contributed by atoms with van der Waals surface area (Å²) in [4.78, 5) is 2.58. The Hall–Kier alpha value is -0.860. The summed E-state index contributed by atoms with van der Waals surface area (Å²) in [5, 5.41) is 3.35. The fourth-order valence-corrected chi connectivity index (χ4v) is 2.49. The third kappa shape index (κ3) is 3.55. The number of nitrogens with one attached hydrogen (secondary N) is 1. The van der Waals surface area contributed by atoms with Crippen LogP contribution in [0.4, 0.5) is 0 Å². The van der Waals surface area contributed by atoms with Crippen LogP contribution in [0.1, 0.15) is 37.8 Å². The lowest BCUT2D eigenvalue weighted by molar-refractivity contribution is 0.260. The van der Waals surface area contributed by atoms with Crippen LogP contribution in [0.2, 0.25) is 0 Å². The van der Waals surface area contributed by atoms with Crippen molar-refractivity contribution in [3.8, 4) is 0 Å². The summed E-state index contributed by atoms with van der Waals surface area (Å²) in [5.74, 6) is 0. The first-order chi connectivity index (χ1) is 8.29. The lowest BCUT2D eigenvalue weighted by Crippen LogP contribution is -2.26. The Bertz CT molecular complexity index is 331. The van der Waals surface area contributed by atoms with Crippen LogP contribution in [0.5, 0.6) is 0 Å². The second-order valence-corrected chi connectivity index (χ2v) is 5.06. The van der Waals surface area contributed by atoms with Gasteiger partial charge in [-0.25, -0.2) is 0 Å². The third-order valence-corrected chi connectivity index (χ3v) is 3.68. The molecule has 1 fully saturated rings. The summed E-state index contributed by atoms with van der Waals surface area (Å²) in [7, 11) is 0. The third-order valence-electron chi connectivity index (χ3n) is 3.68. The summed E-state index contributed by atoms with van der Waals surface area (Å²) in [5.41, 5.74) is 2.82. The fraction of sp³-hybridized carbons (Fsp3) is 0.600. The molecule has 1 unspecified atom stereocenters. The number of benzene rings is 1. The van der Waals surface area contributed by atoms with E-state index in [9.17, 15) is 0 Å². The Balaban J connectivity index is 1.89. The van der Waals surface area contributed by atoms with Gasteiger partial charge in [0.2, 0.25) is 0 Å². The minimum absolute atomic E-state index is 0.761. The molecule has 1 atom stereocenters. The van der Waals surface area contributed by atoms with Crippen LogP contribution in [-0.2, 0) is 13.1 Å². The van der Waals surface area contributed by atoms with Crippen molar-refractivity contribution in [2.45, 2.75) is 45.8 Å². The Labute approximate surface area is 105 Å². The summed E-state index contributed by atoms with van der Waals surface area (Å²) in [6.45, 7) is 8.88. The van der Waals surface area contributed by atoms with Gasteiger partial charge in [0.05, 0.1) is 0 Å². The zero-order valence-corrected chi connectivity index (χ0v) is 11.1. The van der Waals surface area contributed by atoms with Gasteiger partial charge in [-0.3, -0.25) is 4.90 Å². The van der Waals surface area contributed by atoms with Gasteiger partial charge in [0.25, 0.3) is 0 Å². The zero-order valence-electron chi connectivity index (χ0n) is 11.1. The predicted molar refractivity (Wildman–Crippen MR) is 72.9 cm³/mol. The number of hydrogen-bond donors (Lipinski definition) is 1. The van der Waals surface area contributed by atoms with Crippen LogP contribution >= 0.6 is 0 Å². The molecule has 1 heterocycles. The highest BCUT2D eigenvalue weighted by Gasteiger charge is 2.19. The van der Waals surface area contributed by atoms with E-state index in [2.05, 4.69) is 48.3 Å². The van der Waals surface area contributed by atoms with Gasteiger partial charge in [-0.15, -0.1) is 0 Å². The van der Waals surface area contributed by atoms with Gasteiger partial charge in [0.1, 0.15) is 0 Å². The molecule has 0 aliphatic carbocycles. The fourth-order valence-electron chi connectivity index (χ4n) is 2.49. The average Bonchev–Trinajstić information content (AvgIpc) is 2.74. The molecule has 0 aromatic heterocycles. The van der Waals surface area contributed by atoms with Gasteiger partial charge >= 0.3 is 0 Å². The minimum atomic E-state index is 0.761. The van der Waals surface area contributed by atoms with E-state index in [-0.39, 0.29) is 0 Å². The van der Waals surface area contributed by atoms with E-state index in [1.807, 2.05) is 0 Å². The van der Waals surface area contributed by atoms with Crippen molar-refractivity contribution in [1.82, 2.24) is 10.2 Å². The molecule has 1 aromatic rings. The molecule has 0 bridgehead atoms. The molecule has 2 heteroatoms. The topological polar surface area (TPSA) is 15.3 Å². The first kappa shape index (κ1) is 12.6. The van der Waals surface area contributed by atoms with E-state index in [4.69, 9.17) is 0 Å². The molecule has 0 radical (unpaired) electrons. The first-order valence-electron chi connectivity index (χ1n) is 6.82. The quantitative estimate of drug-likeness (QED) is 0.840. The maximum absolute atomic E-state index is 3.35. The van der Waals surface area contributed by atoms with Crippen molar-refractivity contribution < 1.29 is 0 Å². The van der Waals surface area contributed by atoms with Gasteiger partial charge in [-0.1, -0.05) is 31.2 Å². The molecule has 0 spiro atoms. The Kier molecular flexibility index (Phi) is 4.57. The highest BCUT2D eigenvalue weighted by molar-refractivity contribution is 5.22. The van der Waals surface area contributed by atoms with Gasteiger partial charge < -0.3 is 5.32 Å². The molecular formula is C15H24N2. The molecule has 2 nitrogen and oxygen atoms in total. The van der Waals surface area contributed by atoms with E-state index in [0.29, 0.717) is 0 Å². The van der Waals surface area contributed by atoms with Crippen LogP contribution in [0.3, 0.4) is 0 Å². The monoisotopic (exact) mass is 232 g/mol. The van der Waals surface area contributed by atoms with E-state index < -0.39 is 0 Å². The maximum Gasteiger partial charge on any atom is 0.0236 e. The maximum atomic E-state index is 3.35. The van der Waals surface area contributed by atoms with E-state index in [1.54, 1.807) is 0 Å². The van der Waals surface area contributed by atoms with E-state index >= 15 is 0 Å². The second kappa shape index (κ2) is 6.18. The van der Waals surface area contributed by atoms with E-state index in [1.165, 1.54) is 30.5 Å². The average molecular weight is 232 g/mol. The van der Waals surface area contributed by atoms with Crippen LogP contribution < -0.4 is 5.32 Å². The first-order valence-corrected chi connectivity index (χ1v) is 6.82. The van der Waals surface area contributed by atoms with Crippen molar-refractivity contribution in [3.05, 3.63) is 35.4 Å². The van der Waals surface area contributed by atoms with Gasteiger partial charge in [-0.2, -0.15) is 0 Å². The van der Waals surface area contributed by atoms with Crippen molar-refractivity contribution in [2.75, 3.05) is 13.1 Å². The number of nitrogens with zero attached hydrogens (tertiary/aromatic N) is 1. The highest BCUT2D eigenvalue weighted by Crippen LogP contribution is 2.19. The largest absolute Gasteiger partial charge is 0.313 e. The normalized spacial score (nSPS) is 20.9. The Morgan fingerprint density at radius 2 is 1.94 bits per heavy atom. The summed E-state index contributed by atoms with van der Waals surface area (Å²) < 4.78 is 0. The molecule has 1 aliphatic heterocycles. The number of rotatable bonds is 5. The SMILES string of the molecule is CCNCc1ccc(CN2CCCC2C)cc1. The van der Waals surface area contributed by atoms with Crippen LogP contribution in [0, 0.1) is 0 Å². The van der Waals surface area contributed by atoms with Crippen LogP contribution in [-0.4, -0.2) is 24.0 Å². The van der Waals surface area contributed by atoms with Crippen LogP contribution in [0.15, 0.2) is 24.3 Å². The Morgan fingerprint density at radius 1 is 1.24 bits per heavy atom. The molecule has 0 amide bonds. The van der Waals surface area contributed by atoms with Crippen LogP contribution in [0.25, 0.3) is 0 Å². The lowest BCUT2D eigenvalue weighted by atomic mass is 10.1. The van der Waals surface area contributed by atoms with Crippen molar-refractivity contribution >= 4 is 0 Å². The van der Waals surface area contributed by atoms with Crippen molar-refractivity contribution in [1.29, 1.82) is 0 Å². The van der Waals surface area contributed by atoms with Crippen molar-refractivity contribution in [2.24, 2.45) is 0 Å². The molecule has 1 N–H and O–H groups in total. The summed E-state index contributed by atoms with van der Waals surface area (Å²) >= 11 is 0. The Morgan fingerprint density at radius 3 is 2.53 bits per heavy atom. The molecule has 0 saturated carbocycles. The highest BCUT2D eigenvalue weighted by atomic mass is 15.2. The molecule has 1 aliphatic rings.